The van der Waals surface area contributed by atoms with E-state index in [4.69, 9.17) is 42.6 Å². The molecule has 0 unspecified atom stereocenters. The molecular formula is C22H40O10. The van der Waals surface area contributed by atoms with Crippen LogP contribution in [0, 0.1) is 0 Å². The number of esters is 1. The largest absolute Gasteiger partial charge is 0.496 e. The highest BCUT2D eigenvalue weighted by Gasteiger charge is 2.08. The lowest BCUT2D eigenvalue weighted by molar-refractivity contribution is -0.142. The lowest BCUT2D eigenvalue weighted by Crippen LogP contribution is -2.15. The Kier molecular flexibility index (Phi) is 22.7. The number of rotatable bonds is 25. The average Bonchev–Trinajstić information content (AvgIpc) is 2.77. The van der Waals surface area contributed by atoms with Crippen LogP contribution in [0.4, 0.5) is 0 Å². The second kappa shape index (κ2) is 24.0. The second-order valence-electron chi connectivity index (χ2n) is 6.22. The van der Waals surface area contributed by atoms with E-state index in [9.17, 15) is 4.79 Å². The highest BCUT2D eigenvalue weighted by atomic mass is 16.6. The Labute approximate surface area is 191 Å². The normalized spacial score (nSPS) is 10.7. The van der Waals surface area contributed by atoms with Gasteiger partial charge in [-0.05, 0) is 20.4 Å². The van der Waals surface area contributed by atoms with Gasteiger partial charge in [-0.25, -0.2) is 4.79 Å². The Hall–Kier alpha value is -1.69. The predicted molar refractivity (Wildman–Crippen MR) is 117 cm³/mol. The zero-order valence-electron chi connectivity index (χ0n) is 19.6. The van der Waals surface area contributed by atoms with Crippen molar-refractivity contribution in [2.24, 2.45) is 0 Å². The van der Waals surface area contributed by atoms with E-state index in [1.54, 1.807) is 13.8 Å². The molecule has 10 heteroatoms. The monoisotopic (exact) mass is 464 g/mol. The van der Waals surface area contributed by atoms with E-state index in [1.165, 1.54) is 0 Å². The molecule has 0 bridgehead atoms. The highest BCUT2D eigenvalue weighted by Crippen LogP contribution is 1.97. The molecule has 0 N–H and O–H groups in total. The maximum atomic E-state index is 11.3. The summed E-state index contributed by atoms with van der Waals surface area (Å²) in [6, 6.07) is 0. The molecule has 0 atom stereocenters. The molecule has 0 radical (unpaired) electrons. The number of allylic oxidation sites excluding steroid dienone is 1. The first-order valence-corrected chi connectivity index (χ1v) is 10.8. The fraction of sp³-hybridized carbons (Fsp3) is 0.773. The third-order valence-electron chi connectivity index (χ3n) is 3.44. The molecule has 0 spiro atoms. The standard InChI is InChI=1S/C22H40O10/c1-5-30-22(23)21(4)32-19-17-29-15-13-27-11-9-25-7-6-24-8-10-26-12-14-28-16-18-31-20(2)3/h2,4-19H2,1,3H3. The SMILES string of the molecule is C=C(C)OCCOCCOCCOCCOCCOCCOCCOC(=C)C(=O)OCC. The Morgan fingerprint density at radius 2 is 0.844 bits per heavy atom. The Morgan fingerprint density at radius 1 is 0.531 bits per heavy atom. The molecule has 32 heavy (non-hydrogen) atoms. The van der Waals surface area contributed by atoms with E-state index in [-0.39, 0.29) is 19.0 Å². The van der Waals surface area contributed by atoms with Crippen LogP contribution in [-0.2, 0) is 47.4 Å². The third-order valence-corrected chi connectivity index (χ3v) is 3.44. The maximum Gasteiger partial charge on any atom is 0.372 e. The Morgan fingerprint density at radius 3 is 1.16 bits per heavy atom. The summed E-state index contributed by atoms with van der Waals surface area (Å²) in [6.07, 6.45) is 0. The summed E-state index contributed by atoms with van der Waals surface area (Å²) in [5.74, 6) is 0.104. The average molecular weight is 465 g/mol. The second-order valence-corrected chi connectivity index (χ2v) is 6.22. The zero-order valence-corrected chi connectivity index (χ0v) is 19.6. The molecule has 0 aromatic rings. The highest BCUT2D eigenvalue weighted by molar-refractivity contribution is 5.85. The van der Waals surface area contributed by atoms with Gasteiger partial charge in [0.05, 0.1) is 91.6 Å². The molecule has 0 aliphatic heterocycles. The summed E-state index contributed by atoms with van der Waals surface area (Å²) in [7, 11) is 0. The van der Waals surface area contributed by atoms with Crippen molar-refractivity contribution in [3.63, 3.8) is 0 Å². The minimum Gasteiger partial charge on any atom is -0.496 e. The van der Waals surface area contributed by atoms with Crippen LogP contribution in [0.5, 0.6) is 0 Å². The maximum absolute atomic E-state index is 11.3. The molecule has 0 fully saturated rings. The summed E-state index contributed by atoms with van der Waals surface area (Å²) in [6.45, 7) is 17.4. The van der Waals surface area contributed by atoms with Gasteiger partial charge in [0, 0.05) is 0 Å². The van der Waals surface area contributed by atoms with Gasteiger partial charge in [0.25, 0.3) is 0 Å². The van der Waals surface area contributed by atoms with Crippen LogP contribution in [0.1, 0.15) is 13.8 Å². The molecule has 0 saturated heterocycles. The van der Waals surface area contributed by atoms with Gasteiger partial charge in [0.1, 0.15) is 13.2 Å². The van der Waals surface area contributed by atoms with E-state index in [2.05, 4.69) is 13.2 Å². The zero-order chi connectivity index (χ0) is 23.7. The molecular weight excluding hydrogens is 424 g/mol. The first-order valence-electron chi connectivity index (χ1n) is 10.8. The molecule has 0 aliphatic carbocycles. The van der Waals surface area contributed by atoms with E-state index in [0.29, 0.717) is 91.6 Å². The molecule has 0 heterocycles. The molecule has 0 amide bonds. The van der Waals surface area contributed by atoms with E-state index in [0.717, 1.165) is 0 Å². The smallest absolute Gasteiger partial charge is 0.372 e. The van der Waals surface area contributed by atoms with Crippen molar-refractivity contribution in [1.29, 1.82) is 0 Å². The lowest BCUT2D eigenvalue weighted by atomic mass is 10.5. The minimum absolute atomic E-state index is 0.0218. The summed E-state index contributed by atoms with van der Waals surface area (Å²) >= 11 is 0. The molecule has 0 aromatic heterocycles. The van der Waals surface area contributed by atoms with Crippen molar-refractivity contribution in [1.82, 2.24) is 0 Å². The predicted octanol–water partition coefficient (Wildman–Crippen LogP) is 1.73. The first-order chi connectivity index (χ1) is 15.6. The quantitative estimate of drug-likeness (QED) is 0.0859. The molecule has 10 nitrogen and oxygen atoms in total. The fourth-order valence-electron chi connectivity index (χ4n) is 1.97. The van der Waals surface area contributed by atoms with Crippen LogP contribution in [0.3, 0.4) is 0 Å². The molecule has 188 valence electrons. The summed E-state index contributed by atoms with van der Waals surface area (Å²) in [5, 5.41) is 0. The molecule has 0 aromatic carbocycles. The Balaban J connectivity index is 3.13. The van der Waals surface area contributed by atoms with Crippen LogP contribution in [0.2, 0.25) is 0 Å². The van der Waals surface area contributed by atoms with Crippen molar-refractivity contribution < 1.29 is 47.4 Å². The van der Waals surface area contributed by atoms with Crippen molar-refractivity contribution in [2.45, 2.75) is 13.8 Å². The van der Waals surface area contributed by atoms with Crippen molar-refractivity contribution >= 4 is 5.97 Å². The van der Waals surface area contributed by atoms with Crippen LogP contribution in [0.15, 0.2) is 24.7 Å². The van der Waals surface area contributed by atoms with E-state index in [1.807, 2.05) is 0 Å². The fourth-order valence-corrected chi connectivity index (χ4v) is 1.97. The van der Waals surface area contributed by atoms with E-state index < -0.39 is 5.97 Å². The van der Waals surface area contributed by atoms with Gasteiger partial charge in [-0.15, -0.1) is 0 Å². The lowest BCUT2D eigenvalue weighted by Gasteiger charge is -2.09. The van der Waals surface area contributed by atoms with E-state index >= 15 is 0 Å². The Bertz CT molecular complexity index is 470. The van der Waals surface area contributed by atoms with Crippen molar-refractivity contribution in [3.05, 3.63) is 24.7 Å². The number of carbonyl (C=O) groups is 1. The summed E-state index contributed by atoms with van der Waals surface area (Å²) in [5.41, 5.74) is 0. The van der Waals surface area contributed by atoms with Crippen molar-refractivity contribution in [2.75, 3.05) is 99.1 Å². The van der Waals surface area contributed by atoms with Crippen LogP contribution >= 0.6 is 0 Å². The van der Waals surface area contributed by atoms with Gasteiger partial charge in [-0.3, -0.25) is 0 Å². The van der Waals surface area contributed by atoms with Gasteiger partial charge >= 0.3 is 5.97 Å². The minimum atomic E-state index is -0.558. The molecule has 0 rings (SSSR count). The number of hydrogen-bond donors (Lipinski definition) is 0. The third kappa shape index (κ3) is 23.0. The van der Waals surface area contributed by atoms with Gasteiger partial charge in [-0.2, -0.15) is 0 Å². The van der Waals surface area contributed by atoms with Gasteiger partial charge in [0.15, 0.2) is 5.76 Å². The molecule has 0 aliphatic rings. The van der Waals surface area contributed by atoms with Crippen LogP contribution < -0.4 is 0 Å². The summed E-state index contributed by atoms with van der Waals surface area (Å²) in [4.78, 5) is 11.3. The van der Waals surface area contributed by atoms with Gasteiger partial charge in [0.2, 0.25) is 0 Å². The summed E-state index contributed by atoms with van der Waals surface area (Å²) < 4.78 is 47.3. The number of hydrogen-bond acceptors (Lipinski definition) is 10. The van der Waals surface area contributed by atoms with Crippen molar-refractivity contribution in [3.8, 4) is 0 Å². The van der Waals surface area contributed by atoms with Crippen LogP contribution in [0.25, 0.3) is 0 Å². The molecule has 0 saturated carbocycles. The first kappa shape index (κ1) is 30.3. The van der Waals surface area contributed by atoms with Crippen LogP contribution in [-0.4, -0.2) is 105 Å². The van der Waals surface area contributed by atoms with Gasteiger partial charge < -0.3 is 42.6 Å². The number of ether oxygens (including phenoxy) is 9. The number of carbonyl (C=O) groups excluding carboxylic acids is 1. The van der Waals surface area contributed by atoms with Gasteiger partial charge in [-0.1, -0.05) is 6.58 Å². The topological polar surface area (TPSA) is 100 Å².